The molecule has 0 unspecified atom stereocenters. The summed E-state index contributed by atoms with van der Waals surface area (Å²) in [7, 11) is 1.89. The molecule has 0 heterocycles. The topological polar surface area (TPSA) is 41.3 Å². The lowest BCUT2D eigenvalue weighted by atomic mass is 10.1. The molecule has 0 saturated heterocycles. The molecule has 0 radical (unpaired) electrons. The zero-order valence-corrected chi connectivity index (χ0v) is 12.7. The van der Waals surface area contributed by atoms with Gasteiger partial charge in [-0.3, -0.25) is 0 Å². The molecule has 0 saturated carbocycles. The number of halogens is 1. The fourth-order valence-corrected chi connectivity index (χ4v) is 2.07. The van der Waals surface area contributed by atoms with Crippen molar-refractivity contribution in [1.29, 1.82) is 0 Å². The van der Waals surface area contributed by atoms with Gasteiger partial charge in [0.25, 0.3) is 0 Å². The zero-order valence-electron chi connectivity index (χ0n) is 12.7. The minimum atomic E-state index is -0.225. The molecule has 0 fully saturated rings. The minimum Gasteiger partial charge on any atom is -0.398 e. The molecule has 21 heavy (non-hydrogen) atoms. The summed E-state index contributed by atoms with van der Waals surface area (Å²) in [6.07, 6.45) is 0. The number of nitrogens with two attached hydrogens (primary N) is 1. The summed E-state index contributed by atoms with van der Waals surface area (Å²) in [5, 5.41) is 3.20. The molecule has 0 aliphatic heterocycles. The maximum Gasteiger partial charge on any atom is 0.148 e. The number of nitrogens with zero attached hydrogens (tertiary/aromatic N) is 1. The predicted octanol–water partition coefficient (Wildman–Crippen LogP) is 3.86. The molecule has 4 heteroatoms. The molecule has 112 valence electrons. The second-order valence-electron chi connectivity index (χ2n) is 5.42. The van der Waals surface area contributed by atoms with Crippen molar-refractivity contribution in [3.05, 3.63) is 53.8 Å². The smallest absolute Gasteiger partial charge is 0.148 e. The maximum absolute atomic E-state index is 14.2. The van der Waals surface area contributed by atoms with E-state index in [4.69, 9.17) is 5.73 Å². The molecule has 0 aliphatic carbocycles. The first-order chi connectivity index (χ1) is 9.99. The molecule has 0 aliphatic rings. The van der Waals surface area contributed by atoms with Crippen LogP contribution < -0.4 is 16.0 Å². The van der Waals surface area contributed by atoms with Gasteiger partial charge in [0, 0.05) is 31.0 Å². The van der Waals surface area contributed by atoms with Crippen LogP contribution in [0.2, 0.25) is 0 Å². The largest absolute Gasteiger partial charge is 0.398 e. The predicted molar refractivity (Wildman–Crippen MR) is 88.1 cm³/mol. The SMILES string of the molecule is CC(C)N(C)c1ccc(NCc2ccccc2N)cc1F. The van der Waals surface area contributed by atoms with E-state index >= 15 is 0 Å². The van der Waals surface area contributed by atoms with E-state index in [1.807, 2.05) is 56.1 Å². The van der Waals surface area contributed by atoms with Gasteiger partial charge in [-0.1, -0.05) is 18.2 Å². The normalized spacial score (nSPS) is 10.7. The third-order valence-corrected chi connectivity index (χ3v) is 3.64. The minimum absolute atomic E-state index is 0.225. The van der Waals surface area contributed by atoms with Crippen molar-refractivity contribution in [2.24, 2.45) is 0 Å². The van der Waals surface area contributed by atoms with Gasteiger partial charge in [0.05, 0.1) is 5.69 Å². The van der Waals surface area contributed by atoms with E-state index in [9.17, 15) is 4.39 Å². The van der Waals surface area contributed by atoms with Crippen LogP contribution in [0.1, 0.15) is 19.4 Å². The Morgan fingerprint density at radius 2 is 1.90 bits per heavy atom. The monoisotopic (exact) mass is 287 g/mol. The number of benzene rings is 2. The van der Waals surface area contributed by atoms with Crippen LogP contribution in [0.25, 0.3) is 0 Å². The molecule has 2 aromatic carbocycles. The van der Waals surface area contributed by atoms with Crippen molar-refractivity contribution in [2.45, 2.75) is 26.4 Å². The first kappa shape index (κ1) is 15.2. The van der Waals surface area contributed by atoms with Crippen LogP contribution >= 0.6 is 0 Å². The number of hydrogen-bond donors (Lipinski definition) is 2. The molecular formula is C17H22FN3. The van der Waals surface area contributed by atoms with Gasteiger partial charge in [-0.15, -0.1) is 0 Å². The first-order valence-corrected chi connectivity index (χ1v) is 7.08. The zero-order chi connectivity index (χ0) is 15.4. The fraction of sp³-hybridized carbons (Fsp3) is 0.294. The van der Waals surface area contributed by atoms with Gasteiger partial charge in [0.2, 0.25) is 0 Å². The van der Waals surface area contributed by atoms with Crippen molar-refractivity contribution in [1.82, 2.24) is 0 Å². The van der Waals surface area contributed by atoms with Crippen LogP contribution in [0.5, 0.6) is 0 Å². The first-order valence-electron chi connectivity index (χ1n) is 7.08. The second-order valence-corrected chi connectivity index (χ2v) is 5.42. The molecule has 0 amide bonds. The molecule has 2 rings (SSSR count). The van der Waals surface area contributed by atoms with Crippen molar-refractivity contribution in [2.75, 3.05) is 23.0 Å². The van der Waals surface area contributed by atoms with E-state index in [2.05, 4.69) is 5.32 Å². The number of anilines is 3. The van der Waals surface area contributed by atoms with Gasteiger partial charge < -0.3 is 16.0 Å². The lowest BCUT2D eigenvalue weighted by molar-refractivity contribution is 0.614. The average Bonchev–Trinajstić information content (AvgIpc) is 2.46. The van der Waals surface area contributed by atoms with Gasteiger partial charge in [0.15, 0.2) is 0 Å². The van der Waals surface area contributed by atoms with E-state index in [1.54, 1.807) is 6.07 Å². The Morgan fingerprint density at radius 3 is 2.52 bits per heavy atom. The van der Waals surface area contributed by atoms with Gasteiger partial charge >= 0.3 is 0 Å². The van der Waals surface area contributed by atoms with E-state index < -0.39 is 0 Å². The van der Waals surface area contributed by atoms with E-state index in [-0.39, 0.29) is 11.9 Å². The number of nitrogen functional groups attached to an aromatic ring is 1. The Balaban J connectivity index is 2.09. The van der Waals surface area contributed by atoms with E-state index in [0.29, 0.717) is 12.2 Å². The lowest BCUT2D eigenvalue weighted by Gasteiger charge is -2.24. The summed E-state index contributed by atoms with van der Waals surface area (Å²) in [5.74, 6) is -0.225. The Hall–Kier alpha value is -2.23. The third-order valence-electron chi connectivity index (χ3n) is 3.64. The molecule has 0 aromatic heterocycles. The Labute approximate surface area is 125 Å². The summed E-state index contributed by atoms with van der Waals surface area (Å²) in [4.78, 5) is 1.91. The number of hydrogen-bond acceptors (Lipinski definition) is 3. The maximum atomic E-state index is 14.2. The molecule has 0 atom stereocenters. The number of rotatable bonds is 5. The molecule has 3 N–H and O–H groups in total. The van der Waals surface area contributed by atoms with Crippen LogP contribution in [-0.4, -0.2) is 13.1 Å². The van der Waals surface area contributed by atoms with Crippen LogP contribution in [0, 0.1) is 5.82 Å². The van der Waals surface area contributed by atoms with E-state index in [0.717, 1.165) is 16.9 Å². The van der Waals surface area contributed by atoms with Gasteiger partial charge in [-0.25, -0.2) is 4.39 Å². The number of para-hydroxylation sites is 1. The summed E-state index contributed by atoms with van der Waals surface area (Å²) in [6, 6.07) is 13.1. The Bertz CT molecular complexity index is 611. The fourth-order valence-electron chi connectivity index (χ4n) is 2.07. The van der Waals surface area contributed by atoms with Gasteiger partial charge in [-0.05, 0) is 43.7 Å². The summed E-state index contributed by atoms with van der Waals surface area (Å²) in [5.41, 5.74) is 8.98. The highest BCUT2D eigenvalue weighted by molar-refractivity contribution is 5.57. The molecule has 0 spiro atoms. The Morgan fingerprint density at radius 1 is 1.19 bits per heavy atom. The van der Waals surface area contributed by atoms with Gasteiger partial charge in [-0.2, -0.15) is 0 Å². The van der Waals surface area contributed by atoms with Crippen LogP contribution in [0.4, 0.5) is 21.5 Å². The highest BCUT2D eigenvalue weighted by Gasteiger charge is 2.11. The molecule has 2 aromatic rings. The van der Waals surface area contributed by atoms with Crippen LogP contribution in [-0.2, 0) is 6.54 Å². The van der Waals surface area contributed by atoms with Crippen LogP contribution in [0.15, 0.2) is 42.5 Å². The van der Waals surface area contributed by atoms with E-state index in [1.165, 1.54) is 6.07 Å². The van der Waals surface area contributed by atoms with Crippen molar-refractivity contribution < 1.29 is 4.39 Å². The van der Waals surface area contributed by atoms with Crippen molar-refractivity contribution >= 4 is 17.1 Å². The van der Waals surface area contributed by atoms with Crippen molar-refractivity contribution in [3.8, 4) is 0 Å². The summed E-state index contributed by atoms with van der Waals surface area (Å²) < 4.78 is 14.2. The molecular weight excluding hydrogens is 265 g/mol. The Kier molecular flexibility index (Phi) is 4.68. The highest BCUT2D eigenvalue weighted by Crippen LogP contribution is 2.24. The third kappa shape index (κ3) is 3.66. The molecule has 3 nitrogen and oxygen atoms in total. The summed E-state index contributed by atoms with van der Waals surface area (Å²) in [6.45, 7) is 4.64. The summed E-state index contributed by atoms with van der Waals surface area (Å²) >= 11 is 0. The second kappa shape index (κ2) is 6.48. The average molecular weight is 287 g/mol. The van der Waals surface area contributed by atoms with Crippen molar-refractivity contribution in [3.63, 3.8) is 0 Å². The number of nitrogens with one attached hydrogen (secondary N) is 1. The molecule has 0 bridgehead atoms. The standard InChI is InChI=1S/C17H22FN3/c1-12(2)21(3)17-9-8-14(10-15(17)18)20-11-13-6-4-5-7-16(13)19/h4-10,12,20H,11,19H2,1-3H3. The quantitative estimate of drug-likeness (QED) is 0.820. The van der Waals surface area contributed by atoms with Crippen LogP contribution in [0.3, 0.4) is 0 Å². The highest BCUT2D eigenvalue weighted by atomic mass is 19.1. The lowest BCUT2D eigenvalue weighted by Crippen LogP contribution is -2.26. The van der Waals surface area contributed by atoms with Gasteiger partial charge in [0.1, 0.15) is 5.82 Å².